The molecule has 2 rings (SSSR count). The lowest BCUT2D eigenvalue weighted by atomic mass is 10.1. The van der Waals surface area contributed by atoms with Gasteiger partial charge in [0.25, 0.3) is 0 Å². The smallest absolute Gasteiger partial charge is 0.337 e. The number of carboxylic acid groups (broad SMARTS) is 1. The molecule has 0 radical (unpaired) electrons. The first-order chi connectivity index (χ1) is 8.58. The highest BCUT2D eigenvalue weighted by Crippen LogP contribution is 2.24. The Morgan fingerprint density at radius 1 is 1.39 bits per heavy atom. The molecule has 0 aliphatic heterocycles. The zero-order valence-corrected chi connectivity index (χ0v) is 11.1. The highest BCUT2D eigenvalue weighted by molar-refractivity contribution is 7.07. The third-order valence-electron chi connectivity index (χ3n) is 2.82. The van der Waals surface area contributed by atoms with Gasteiger partial charge in [-0.25, -0.2) is 4.79 Å². The molecular weight excluding hydrogens is 246 g/mol. The molecule has 0 amide bonds. The normalized spacial score (nSPS) is 12.1. The molecule has 2 aromatic rings. The maximum Gasteiger partial charge on any atom is 0.337 e. The number of nitrogens with one attached hydrogen (secondary N) is 1. The van der Waals surface area contributed by atoms with E-state index in [0.717, 1.165) is 11.1 Å². The molecule has 2 N–H and O–H groups in total. The molecule has 0 bridgehead atoms. The SMILES string of the molecule is Cc1ccc(NC(C)c2ccsc2)c(C(=O)O)c1. The molecule has 3 nitrogen and oxygen atoms in total. The number of hydrogen-bond acceptors (Lipinski definition) is 3. The van der Waals surface area contributed by atoms with Gasteiger partial charge in [-0.1, -0.05) is 11.6 Å². The summed E-state index contributed by atoms with van der Waals surface area (Å²) in [6.07, 6.45) is 0. The van der Waals surface area contributed by atoms with Crippen LogP contribution in [0.25, 0.3) is 0 Å². The predicted molar refractivity (Wildman–Crippen MR) is 74.5 cm³/mol. The van der Waals surface area contributed by atoms with E-state index in [2.05, 4.69) is 10.7 Å². The Morgan fingerprint density at radius 2 is 2.17 bits per heavy atom. The summed E-state index contributed by atoms with van der Waals surface area (Å²) in [4.78, 5) is 11.2. The number of carboxylic acids is 1. The fourth-order valence-electron chi connectivity index (χ4n) is 1.80. The molecule has 4 heteroatoms. The summed E-state index contributed by atoms with van der Waals surface area (Å²) in [5.41, 5.74) is 3.09. The summed E-state index contributed by atoms with van der Waals surface area (Å²) >= 11 is 1.64. The van der Waals surface area contributed by atoms with Crippen molar-refractivity contribution in [3.05, 3.63) is 51.7 Å². The number of thiophene rings is 1. The van der Waals surface area contributed by atoms with Crippen LogP contribution < -0.4 is 5.32 Å². The second-order valence-corrected chi connectivity index (χ2v) is 5.06. The summed E-state index contributed by atoms with van der Waals surface area (Å²) < 4.78 is 0. The number of hydrogen-bond donors (Lipinski definition) is 2. The molecule has 0 aliphatic carbocycles. The second kappa shape index (κ2) is 5.23. The second-order valence-electron chi connectivity index (χ2n) is 4.28. The Morgan fingerprint density at radius 3 is 2.78 bits per heavy atom. The van der Waals surface area contributed by atoms with Crippen molar-refractivity contribution in [1.82, 2.24) is 0 Å². The van der Waals surface area contributed by atoms with Gasteiger partial charge < -0.3 is 10.4 Å². The first kappa shape index (κ1) is 12.6. The van der Waals surface area contributed by atoms with Crippen molar-refractivity contribution >= 4 is 23.0 Å². The molecule has 0 aliphatic rings. The molecule has 94 valence electrons. The number of anilines is 1. The first-order valence-corrected chi connectivity index (χ1v) is 6.65. The average Bonchev–Trinajstić information content (AvgIpc) is 2.84. The van der Waals surface area contributed by atoms with Crippen LogP contribution in [0.2, 0.25) is 0 Å². The van der Waals surface area contributed by atoms with E-state index in [-0.39, 0.29) is 6.04 Å². The molecule has 1 aromatic carbocycles. The fraction of sp³-hybridized carbons (Fsp3) is 0.214. The average molecular weight is 261 g/mol. The van der Waals surface area contributed by atoms with E-state index in [1.54, 1.807) is 17.4 Å². The molecule has 18 heavy (non-hydrogen) atoms. The molecular formula is C14H15NO2S. The Labute approximate surface area is 110 Å². The van der Waals surface area contributed by atoms with E-state index in [1.165, 1.54) is 0 Å². The van der Waals surface area contributed by atoms with Crippen LogP contribution in [-0.2, 0) is 0 Å². The van der Waals surface area contributed by atoms with Gasteiger partial charge in [0, 0.05) is 11.7 Å². The fourth-order valence-corrected chi connectivity index (χ4v) is 2.55. The van der Waals surface area contributed by atoms with E-state index in [9.17, 15) is 9.90 Å². The molecule has 1 heterocycles. The summed E-state index contributed by atoms with van der Waals surface area (Å²) in [5.74, 6) is -0.904. The van der Waals surface area contributed by atoms with Crippen molar-refractivity contribution in [3.63, 3.8) is 0 Å². The van der Waals surface area contributed by atoms with Crippen molar-refractivity contribution < 1.29 is 9.90 Å². The third kappa shape index (κ3) is 2.71. The number of aromatic carboxylic acids is 1. The van der Waals surface area contributed by atoms with Crippen LogP contribution in [0.5, 0.6) is 0 Å². The number of aryl methyl sites for hydroxylation is 1. The maximum atomic E-state index is 11.2. The summed E-state index contributed by atoms with van der Waals surface area (Å²) in [5, 5.41) is 16.5. The zero-order valence-electron chi connectivity index (χ0n) is 10.3. The summed E-state index contributed by atoms with van der Waals surface area (Å²) in [7, 11) is 0. The summed E-state index contributed by atoms with van der Waals surface area (Å²) in [6, 6.07) is 7.55. The minimum Gasteiger partial charge on any atom is -0.478 e. The van der Waals surface area contributed by atoms with E-state index < -0.39 is 5.97 Å². The van der Waals surface area contributed by atoms with Crippen LogP contribution in [0.15, 0.2) is 35.0 Å². The molecule has 1 aromatic heterocycles. The third-order valence-corrected chi connectivity index (χ3v) is 3.52. The quantitative estimate of drug-likeness (QED) is 0.876. The van der Waals surface area contributed by atoms with Gasteiger partial charge >= 0.3 is 5.97 Å². The van der Waals surface area contributed by atoms with Gasteiger partial charge in [0.05, 0.1) is 5.56 Å². The molecule has 0 saturated carbocycles. The van der Waals surface area contributed by atoms with Gasteiger partial charge in [-0.2, -0.15) is 11.3 Å². The van der Waals surface area contributed by atoms with Crippen LogP contribution >= 0.6 is 11.3 Å². The maximum absolute atomic E-state index is 11.2. The van der Waals surface area contributed by atoms with Crippen LogP contribution in [-0.4, -0.2) is 11.1 Å². The zero-order chi connectivity index (χ0) is 13.1. The van der Waals surface area contributed by atoms with Crippen LogP contribution in [0, 0.1) is 6.92 Å². The molecule has 0 fully saturated rings. The van der Waals surface area contributed by atoms with Crippen molar-refractivity contribution in [1.29, 1.82) is 0 Å². The lowest BCUT2D eigenvalue weighted by Crippen LogP contribution is -2.10. The predicted octanol–water partition coefficient (Wildman–Crippen LogP) is 3.93. The van der Waals surface area contributed by atoms with Crippen molar-refractivity contribution in [3.8, 4) is 0 Å². The van der Waals surface area contributed by atoms with Crippen LogP contribution in [0.3, 0.4) is 0 Å². The van der Waals surface area contributed by atoms with Crippen molar-refractivity contribution in [2.75, 3.05) is 5.32 Å². The van der Waals surface area contributed by atoms with E-state index in [0.29, 0.717) is 11.3 Å². The number of benzene rings is 1. The van der Waals surface area contributed by atoms with Crippen molar-refractivity contribution in [2.45, 2.75) is 19.9 Å². The van der Waals surface area contributed by atoms with Crippen molar-refractivity contribution in [2.24, 2.45) is 0 Å². The lowest BCUT2D eigenvalue weighted by molar-refractivity contribution is 0.0698. The molecule has 0 spiro atoms. The summed E-state index contributed by atoms with van der Waals surface area (Å²) in [6.45, 7) is 3.91. The number of rotatable bonds is 4. The van der Waals surface area contributed by atoms with Crippen LogP contribution in [0.1, 0.15) is 34.5 Å². The van der Waals surface area contributed by atoms with E-state index in [4.69, 9.17) is 0 Å². The van der Waals surface area contributed by atoms with Gasteiger partial charge in [-0.05, 0) is 48.4 Å². The Kier molecular flexibility index (Phi) is 3.67. The standard InChI is InChI=1S/C14H15NO2S/c1-9-3-4-13(12(7-9)14(16)17)15-10(2)11-5-6-18-8-11/h3-8,10,15H,1-2H3,(H,16,17). The molecule has 1 atom stereocenters. The monoisotopic (exact) mass is 261 g/mol. The molecule has 0 saturated heterocycles. The lowest BCUT2D eigenvalue weighted by Gasteiger charge is -2.16. The van der Waals surface area contributed by atoms with Gasteiger partial charge in [-0.15, -0.1) is 0 Å². The van der Waals surface area contributed by atoms with Gasteiger partial charge in [0.2, 0.25) is 0 Å². The topological polar surface area (TPSA) is 49.3 Å². The molecule has 1 unspecified atom stereocenters. The Bertz CT molecular complexity index is 549. The largest absolute Gasteiger partial charge is 0.478 e. The van der Waals surface area contributed by atoms with E-state index in [1.807, 2.05) is 37.4 Å². The highest BCUT2D eigenvalue weighted by atomic mass is 32.1. The van der Waals surface area contributed by atoms with Gasteiger partial charge in [-0.3, -0.25) is 0 Å². The minimum absolute atomic E-state index is 0.0945. The Balaban J connectivity index is 2.26. The van der Waals surface area contributed by atoms with E-state index >= 15 is 0 Å². The highest BCUT2D eigenvalue weighted by Gasteiger charge is 2.13. The van der Waals surface area contributed by atoms with Gasteiger partial charge in [0.15, 0.2) is 0 Å². The van der Waals surface area contributed by atoms with Crippen LogP contribution in [0.4, 0.5) is 5.69 Å². The number of carbonyl (C=O) groups is 1. The minimum atomic E-state index is -0.904. The van der Waals surface area contributed by atoms with Gasteiger partial charge in [0.1, 0.15) is 0 Å². The first-order valence-electron chi connectivity index (χ1n) is 5.70. The Hall–Kier alpha value is -1.81.